The first-order valence-electron chi connectivity index (χ1n) is 6.21. The lowest BCUT2D eigenvalue weighted by molar-refractivity contribution is 0.195. The van der Waals surface area contributed by atoms with Crippen LogP contribution in [-0.4, -0.2) is 42.5 Å². The molecule has 1 atom stereocenters. The van der Waals surface area contributed by atoms with Gasteiger partial charge in [0, 0.05) is 31.8 Å². The van der Waals surface area contributed by atoms with E-state index in [1.54, 1.807) is 11.9 Å². The van der Waals surface area contributed by atoms with Crippen molar-refractivity contribution in [1.29, 1.82) is 0 Å². The molecule has 2 amide bonds. The molecule has 1 heterocycles. The van der Waals surface area contributed by atoms with Crippen molar-refractivity contribution in [3.05, 3.63) is 35.4 Å². The zero-order valence-corrected chi connectivity index (χ0v) is 10.8. The standard InChI is InChI=1S/C13H17F2N3O/c1-17-12(8-18(13(17)19)6-2-5-16)10-4-3-9(14)7-11(10)15/h3-4,7,12H,2,5-6,8,16H2,1H3. The van der Waals surface area contributed by atoms with Crippen LogP contribution in [0.5, 0.6) is 0 Å². The van der Waals surface area contributed by atoms with Crippen LogP contribution in [0.3, 0.4) is 0 Å². The van der Waals surface area contributed by atoms with Crippen LogP contribution in [0.1, 0.15) is 18.0 Å². The molecule has 0 aliphatic carbocycles. The molecule has 2 rings (SSSR count). The molecule has 19 heavy (non-hydrogen) atoms. The second-order valence-electron chi connectivity index (χ2n) is 4.66. The number of carbonyl (C=O) groups is 1. The number of carbonyl (C=O) groups excluding carboxylic acids is 1. The van der Waals surface area contributed by atoms with Crippen LogP contribution in [0.4, 0.5) is 13.6 Å². The molecule has 4 nitrogen and oxygen atoms in total. The minimum absolute atomic E-state index is 0.151. The second kappa shape index (κ2) is 5.52. The molecule has 1 aliphatic heterocycles. The Morgan fingerprint density at radius 1 is 1.42 bits per heavy atom. The number of likely N-dealkylation sites (N-methyl/N-ethyl adjacent to an activating group) is 1. The van der Waals surface area contributed by atoms with Gasteiger partial charge in [0.05, 0.1) is 6.04 Å². The summed E-state index contributed by atoms with van der Waals surface area (Å²) in [5.74, 6) is -1.24. The second-order valence-corrected chi connectivity index (χ2v) is 4.66. The summed E-state index contributed by atoms with van der Waals surface area (Å²) in [6, 6.07) is 2.91. The Bertz CT molecular complexity index is 481. The predicted molar refractivity (Wildman–Crippen MR) is 67.5 cm³/mol. The van der Waals surface area contributed by atoms with Crippen molar-refractivity contribution in [3.8, 4) is 0 Å². The van der Waals surface area contributed by atoms with Crippen molar-refractivity contribution in [1.82, 2.24) is 9.80 Å². The number of benzene rings is 1. The van der Waals surface area contributed by atoms with Crippen LogP contribution in [0.15, 0.2) is 18.2 Å². The van der Waals surface area contributed by atoms with Gasteiger partial charge in [0.15, 0.2) is 0 Å². The fourth-order valence-corrected chi connectivity index (χ4v) is 2.31. The number of nitrogens with two attached hydrogens (primary N) is 1. The van der Waals surface area contributed by atoms with E-state index < -0.39 is 11.6 Å². The fraction of sp³-hybridized carbons (Fsp3) is 0.462. The third-order valence-electron chi connectivity index (χ3n) is 3.39. The van der Waals surface area contributed by atoms with Gasteiger partial charge in [-0.1, -0.05) is 6.07 Å². The summed E-state index contributed by atoms with van der Waals surface area (Å²) < 4.78 is 26.7. The van der Waals surface area contributed by atoms with Crippen LogP contribution in [-0.2, 0) is 0 Å². The molecule has 0 aromatic heterocycles. The van der Waals surface area contributed by atoms with E-state index >= 15 is 0 Å². The van der Waals surface area contributed by atoms with Crippen LogP contribution < -0.4 is 5.73 Å². The molecule has 2 N–H and O–H groups in total. The lowest BCUT2D eigenvalue weighted by Gasteiger charge is -2.18. The maximum atomic E-state index is 13.8. The molecule has 1 unspecified atom stereocenters. The van der Waals surface area contributed by atoms with Crippen LogP contribution in [0.2, 0.25) is 0 Å². The molecule has 0 bridgehead atoms. The molecule has 1 saturated heterocycles. The first-order chi connectivity index (χ1) is 9.04. The van der Waals surface area contributed by atoms with Gasteiger partial charge in [0.25, 0.3) is 0 Å². The Balaban J connectivity index is 2.19. The molecular weight excluding hydrogens is 252 g/mol. The molecule has 6 heteroatoms. The van der Waals surface area contributed by atoms with Crippen molar-refractivity contribution >= 4 is 6.03 Å². The largest absolute Gasteiger partial charge is 0.330 e. The number of hydrogen-bond acceptors (Lipinski definition) is 2. The van der Waals surface area contributed by atoms with Crippen molar-refractivity contribution in [2.24, 2.45) is 5.73 Å². The van der Waals surface area contributed by atoms with Crippen molar-refractivity contribution < 1.29 is 13.6 Å². The smallest absolute Gasteiger partial charge is 0.320 e. The Morgan fingerprint density at radius 3 is 2.79 bits per heavy atom. The predicted octanol–water partition coefficient (Wildman–Crippen LogP) is 1.72. The Morgan fingerprint density at radius 2 is 2.16 bits per heavy atom. The van der Waals surface area contributed by atoms with Gasteiger partial charge >= 0.3 is 6.03 Å². The molecule has 0 spiro atoms. The molecule has 104 valence electrons. The van der Waals surface area contributed by atoms with Gasteiger partial charge in [0.2, 0.25) is 0 Å². The Kier molecular flexibility index (Phi) is 3.99. The summed E-state index contributed by atoms with van der Waals surface area (Å²) in [5, 5.41) is 0. The first-order valence-corrected chi connectivity index (χ1v) is 6.21. The average Bonchev–Trinajstić information content (AvgIpc) is 2.64. The molecule has 1 aliphatic rings. The van der Waals surface area contributed by atoms with E-state index in [0.717, 1.165) is 6.07 Å². The van der Waals surface area contributed by atoms with Crippen LogP contribution in [0.25, 0.3) is 0 Å². The molecule has 0 radical (unpaired) electrons. The van der Waals surface area contributed by atoms with Crippen molar-refractivity contribution in [3.63, 3.8) is 0 Å². The van der Waals surface area contributed by atoms with Gasteiger partial charge in [-0.05, 0) is 19.0 Å². The minimum atomic E-state index is -0.620. The van der Waals surface area contributed by atoms with E-state index in [1.807, 2.05) is 0 Å². The molecule has 1 aromatic rings. The van der Waals surface area contributed by atoms with E-state index in [4.69, 9.17) is 5.73 Å². The number of nitrogens with zero attached hydrogens (tertiary/aromatic N) is 2. The quantitative estimate of drug-likeness (QED) is 0.904. The van der Waals surface area contributed by atoms with Gasteiger partial charge in [0.1, 0.15) is 11.6 Å². The summed E-state index contributed by atoms with van der Waals surface area (Å²) in [4.78, 5) is 15.1. The summed E-state index contributed by atoms with van der Waals surface area (Å²) in [6.45, 7) is 1.46. The Labute approximate surface area is 110 Å². The SMILES string of the molecule is CN1C(=O)N(CCCN)CC1c1ccc(F)cc1F. The monoisotopic (exact) mass is 269 g/mol. The van der Waals surface area contributed by atoms with E-state index in [2.05, 4.69) is 0 Å². The number of urea groups is 1. The zero-order valence-electron chi connectivity index (χ0n) is 10.8. The third-order valence-corrected chi connectivity index (χ3v) is 3.39. The topological polar surface area (TPSA) is 49.6 Å². The number of hydrogen-bond donors (Lipinski definition) is 1. The number of halogens is 2. The van der Waals surface area contributed by atoms with Crippen molar-refractivity contribution in [2.45, 2.75) is 12.5 Å². The highest BCUT2D eigenvalue weighted by molar-refractivity contribution is 5.77. The van der Waals surface area contributed by atoms with Crippen LogP contribution in [0, 0.1) is 11.6 Å². The zero-order chi connectivity index (χ0) is 14.0. The van der Waals surface area contributed by atoms with E-state index in [0.29, 0.717) is 31.6 Å². The highest BCUT2D eigenvalue weighted by Gasteiger charge is 2.36. The summed E-state index contributed by atoms with van der Waals surface area (Å²) in [6.07, 6.45) is 0.707. The first kappa shape index (κ1) is 13.7. The summed E-state index contributed by atoms with van der Waals surface area (Å²) >= 11 is 0. The molecule has 1 fully saturated rings. The van der Waals surface area contributed by atoms with Gasteiger partial charge in [-0.15, -0.1) is 0 Å². The normalized spacial score (nSPS) is 19.4. The van der Waals surface area contributed by atoms with Crippen LogP contribution >= 0.6 is 0 Å². The van der Waals surface area contributed by atoms with Gasteiger partial charge in [-0.3, -0.25) is 0 Å². The highest BCUT2D eigenvalue weighted by Crippen LogP contribution is 2.30. The average molecular weight is 269 g/mol. The van der Waals surface area contributed by atoms with E-state index in [-0.39, 0.29) is 12.1 Å². The van der Waals surface area contributed by atoms with Gasteiger partial charge in [-0.25, -0.2) is 13.6 Å². The molecule has 0 saturated carbocycles. The number of rotatable bonds is 4. The summed E-state index contributed by atoms with van der Waals surface area (Å²) in [5.41, 5.74) is 5.76. The molecule has 1 aromatic carbocycles. The minimum Gasteiger partial charge on any atom is -0.330 e. The van der Waals surface area contributed by atoms with E-state index in [1.165, 1.54) is 17.0 Å². The fourth-order valence-electron chi connectivity index (χ4n) is 2.31. The van der Waals surface area contributed by atoms with Gasteiger partial charge < -0.3 is 15.5 Å². The maximum Gasteiger partial charge on any atom is 0.320 e. The number of amides is 2. The maximum absolute atomic E-state index is 13.8. The third kappa shape index (κ3) is 2.68. The van der Waals surface area contributed by atoms with Crippen molar-refractivity contribution in [2.75, 3.05) is 26.7 Å². The molecular formula is C13H17F2N3O. The lowest BCUT2D eigenvalue weighted by Crippen LogP contribution is -2.31. The van der Waals surface area contributed by atoms with Gasteiger partial charge in [-0.2, -0.15) is 0 Å². The van der Waals surface area contributed by atoms with E-state index in [9.17, 15) is 13.6 Å². The summed E-state index contributed by atoms with van der Waals surface area (Å²) in [7, 11) is 1.62. The Hall–Kier alpha value is -1.69. The lowest BCUT2D eigenvalue weighted by atomic mass is 10.1. The highest BCUT2D eigenvalue weighted by atomic mass is 19.1.